The molecule has 0 bridgehead atoms. The van der Waals surface area contributed by atoms with E-state index in [2.05, 4.69) is 5.32 Å². The molecular formula is C28H29Cl3N2O2. The van der Waals surface area contributed by atoms with E-state index in [9.17, 15) is 9.59 Å². The van der Waals surface area contributed by atoms with Gasteiger partial charge in [0, 0.05) is 23.5 Å². The number of hydrogen-bond donors (Lipinski definition) is 1. The average molecular weight is 532 g/mol. The van der Waals surface area contributed by atoms with Crippen LogP contribution >= 0.6 is 34.8 Å². The third-order valence-electron chi connectivity index (χ3n) is 5.37. The Morgan fingerprint density at radius 3 is 2.06 bits per heavy atom. The first-order chi connectivity index (χ1) is 16.5. The molecule has 0 aromatic heterocycles. The van der Waals surface area contributed by atoms with Gasteiger partial charge in [0.25, 0.3) is 0 Å². The maximum absolute atomic E-state index is 13.7. The van der Waals surface area contributed by atoms with E-state index in [1.165, 1.54) is 0 Å². The van der Waals surface area contributed by atoms with E-state index < -0.39 is 11.6 Å². The number of nitrogens with zero attached hydrogens (tertiary/aromatic N) is 1. The normalized spacial score (nSPS) is 12.2. The van der Waals surface area contributed by atoms with Crippen LogP contribution in [0.2, 0.25) is 15.1 Å². The summed E-state index contributed by atoms with van der Waals surface area (Å²) in [5, 5.41) is 4.47. The maximum Gasteiger partial charge on any atom is 0.243 e. The number of carbonyl (C=O) groups is 2. The van der Waals surface area contributed by atoms with E-state index in [1.54, 1.807) is 35.2 Å². The van der Waals surface area contributed by atoms with Gasteiger partial charge in [-0.2, -0.15) is 0 Å². The van der Waals surface area contributed by atoms with Crippen molar-refractivity contribution in [1.82, 2.24) is 10.2 Å². The van der Waals surface area contributed by atoms with Crippen molar-refractivity contribution >= 4 is 46.6 Å². The van der Waals surface area contributed by atoms with Gasteiger partial charge in [0.05, 0.1) is 16.5 Å². The van der Waals surface area contributed by atoms with Gasteiger partial charge in [0.1, 0.15) is 6.04 Å². The molecule has 7 heteroatoms. The molecule has 0 heterocycles. The molecule has 0 aliphatic heterocycles. The van der Waals surface area contributed by atoms with Crippen molar-refractivity contribution in [2.75, 3.05) is 0 Å². The van der Waals surface area contributed by atoms with Crippen LogP contribution in [0.1, 0.15) is 37.5 Å². The summed E-state index contributed by atoms with van der Waals surface area (Å²) in [6.45, 7) is 6.02. The van der Waals surface area contributed by atoms with Crippen molar-refractivity contribution in [2.24, 2.45) is 0 Å². The lowest BCUT2D eigenvalue weighted by Crippen LogP contribution is -2.54. The Labute approximate surface area is 222 Å². The molecule has 2 amide bonds. The van der Waals surface area contributed by atoms with Crippen LogP contribution in [0, 0.1) is 0 Å². The van der Waals surface area contributed by atoms with Crippen molar-refractivity contribution in [3.63, 3.8) is 0 Å². The van der Waals surface area contributed by atoms with Crippen LogP contribution in [-0.2, 0) is 29.0 Å². The van der Waals surface area contributed by atoms with Crippen LogP contribution in [0.15, 0.2) is 72.8 Å². The van der Waals surface area contributed by atoms with Crippen molar-refractivity contribution < 1.29 is 9.59 Å². The lowest BCUT2D eigenvalue weighted by atomic mass is 10.00. The molecule has 1 atom stereocenters. The first-order valence-corrected chi connectivity index (χ1v) is 12.5. The molecule has 3 rings (SSSR count). The summed E-state index contributed by atoms with van der Waals surface area (Å²) in [5.41, 5.74) is 2.11. The fourth-order valence-corrected chi connectivity index (χ4v) is 4.17. The molecule has 35 heavy (non-hydrogen) atoms. The predicted molar refractivity (Wildman–Crippen MR) is 144 cm³/mol. The average Bonchev–Trinajstić information content (AvgIpc) is 2.79. The highest BCUT2D eigenvalue weighted by molar-refractivity contribution is 6.42. The molecule has 0 radical (unpaired) electrons. The fraction of sp³-hybridized carbons (Fsp3) is 0.286. The minimum Gasteiger partial charge on any atom is -0.350 e. The molecule has 0 saturated carbocycles. The Kier molecular flexibility index (Phi) is 9.23. The second-order valence-corrected chi connectivity index (χ2v) is 10.8. The molecule has 0 aliphatic rings. The molecule has 184 valence electrons. The van der Waals surface area contributed by atoms with Gasteiger partial charge >= 0.3 is 0 Å². The number of carbonyl (C=O) groups excluding carboxylic acids is 2. The minimum atomic E-state index is -0.720. The van der Waals surface area contributed by atoms with Gasteiger partial charge in [-0.05, 0) is 61.7 Å². The predicted octanol–water partition coefficient (Wildman–Crippen LogP) is 6.74. The summed E-state index contributed by atoms with van der Waals surface area (Å²) in [6.07, 6.45) is 0.460. The smallest absolute Gasteiger partial charge is 0.243 e. The van der Waals surface area contributed by atoms with E-state index in [1.807, 2.05) is 63.2 Å². The Balaban J connectivity index is 1.99. The van der Waals surface area contributed by atoms with Gasteiger partial charge in [0.2, 0.25) is 11.8 Å². The summed E-state index contributed by atoms with van der Waals surface area (Å²) in [5.74, 6) is -0.402. The van der Waals surface area contributed by atoms with Crippen LogP contribution in [0.25, 0.3) is 0 Å². The number of halogens is 3. The molecule has 1 N–H and O–H groups in total. The Bertz CT molecular complexity index is 1160. The van der Waals surface area contributed by atoms with Crippen LogP contribution in [0.3, 0.4) is 0 Å². The van der Waals surface area contributed by atoms with Gasteiger partial charge in [0.15, 0.2) is 0 Å². The molecule has 0 saturated heterocycles. The summed E-state index contributed by atoms with van der Waals surface area (Å²) in [7, 11) is 0. The third-order valence-corrected chi connectivity index (χ3v) is 6.37. The van der Waals surface area contributed by atoms with Gasteiger partial charge in [-0.25, -0.2) is 0 Å². The maximum atomic E-state index is 13.7. The SMILES string of the molecule is CC(C)(C)NC(=O)[C@H](Cc1ccccc1)N(Cc1ccc(Cl)cc1)C(=O)Cc1ccc(Cl)c(Cl)c1. The van der Waals surface area contributed by atoms with E-state index >= 15 is 0 Å². The van der Waals surface area contributed by atoms with Crippen molar-refractivity contribution in [3.05, 3.63) is 105 Å². The third kappa shape index (κ3) is 8.28. The minimum absolute atomic E-state index is 0.0819. The number of nitrogens with one attached hydrogen (secondary N) is 1. The molecule has 3 aromatic rings. The number of hydrogen-bond acceptors (Lipinski definition) is 2. The highest BCUT2D eigenvalue weighted by Gasteiger charge is 2.32. The van der Waals surface area contributed by atoms with Gasteiger partial charge in [-0.3, -0.25) is 9.59 Å². The summed E-state index contributed by atoms with van der Waals surface area (Å²) < 4.78 is 0. The lowest BCUT2D eigenvalue weighted by molar-refractivity contribution is -0.141. The molecule has 4 nitrogen and oxygen atoms in total. The van der Waals surface area contributed by atoms with E-state index in [-0.39, 0.29) is 24.8 Å². The van der Waals surface area contributed by atoms with Gasteiger partial charge in [-0.1, -0.05) is 83.3 Å². The zero-order valence-corrected chi connectivity index (χ0v) is 22.3. The van der Waals surface area contributed by atoms with Crippen molar-refractivity contribution in [2.45, 2.75) is 51.7 Å². The molecule has 0 aliphatic carbocycles. The van der Waals surface area contributed by atoms with E-state index in [4.69, 9.17) is 34.8 Å². The number of benzene rings is 3. The van der Waals surface area contributed by atoms with Gasteiger partial charge in [-0.15, -0.1) is 0 Å². The first kappa shape index (κ1) is 27.1. The van der Waals surface area contributed by atoms with E-state index in [0.29, 0.717) is 21.5 Å². The van der Waals surface area contributed by atoms with Crippen LogP contribution in [-0.4, -0.2) is 28.3 Å². The number of amides is 2. The Morgan fingerprint density at radius 1 is 0.829 bits per heavy atom. The highest BCUT2D eigenvalue weighted by Crippen LogP contribution is 2.24. The van der Waals surface area contributed by atoms with Crippen LogP contribution in [0.4, 0.5) is 0 Å². The highest BCUT2D eigenvalue weighted by atomic mass is 35.5. The summed E-state index contributed by atoms with van der Waals surface area (Å²) >= 11 is 18.3. The molecule has 0 fully saturated rings. The molecule has 3 aromatic carbocycles. The van der Waals surface area contributed by atoms with E-state index in [0.717, 1.165) is 16.7 Å². The Hall–Kier alpha value is -2.53. The van der Waals surface area contributed by atoms with Crippen LogP contribution in [0.5, 0.6) is 0 Å². The molecular weight excluding hydrogens is 503 g/mol. The van der Waals surface area contributed by atoms with Gasteiger partial charge < -0.3 is 10.2 Å². The standard InChI is InChI=1S/C28H29Cl3N2O2/c1-28(2,3)32-27(35)25(16-19-7-5-4-6-8-19)33(18-20-9-12-22(29)13-10-20)26(34)17-21-11-14-23(30)24(31)15-21/h4-15,25H,16-18H2,1-3H3,(H,32,35)/t25-/m0/s1. The molecule has 0 spiro atoms. The van der Waals surface area contributed by atoms with Crippen molar-refractivity contribution in [1.29, 1.82) is 0 Å². The van der Waals surface area contributed by atoms with Crippen molar-refractivity contribution in [3.8, 4) is 0 Å². The molecule has 0 unspecified atom stereocenters. The largest absolute Gasteiger partial charge is 0.350 e. The second-order valence-electron chi connectivity index (χ2n) is 9.52. The quantitative estimate of drug-likeness (QED) is 0.350. The second kappa shape index (κ2) is 11.9. The monoisotopic (exact) mass is 530 g/mol. The van der Waals surface area contributed by atoms with Crippen LogP contribution < -0.4 is 5.32 Å². The lowest BCUT2D eigenvalue weighted by Gasteiger charge is -2.34. The fourth-order valence-electron chi connectivity index (χ4n) is 3.72. The Morgan fingerprint density at radius 2 is 1.46 bits per heavy atom. The summed E-state index contributed by atoms with van der Waals surface area (Å²) in [4.78, 5) is 28.9. The first-order valence-electron chi connectivity index (χ1n) is 11.4. The number of rotatable bonds is 8. The summed E-state index contributed by atoms with van der Waals surface area (Å²) in [6, 6.07) is 21.4. The zero-order valence-electron chi connectivity index (χ0n) is 20.0. The zero-order chi connectivity index (χ0) is 25.6. The topological polar surface area (TPSA) is 49.4 Å².